The number of hydrogen-bond acceptors (Lipinski definition) is 1. The summed E-state index contributed by atoms with van der Waals surface area (Å²) in [6, 6.07) is 19.9. The van der Waals surface area contributed by atoms with Gasteiger partial charge in [-0.15, -0.1) is 0 Å². The van der Waals surface area contributed by atoms with Crippen LogP contribution in [0.4, 0.5) is 0 Å². The fourth-order valence-corrected chi connectivity index (χ4v) is 1.09. The molecule has 0 radical (unpaired) electrons. The van der Waals surface area contributed by atoms with Crippen LogP contribution in [-0.2, 0) is 0 Å². The zero-order valence-corrected chi connectivity index (χ0v) is 21.2. The zero-order chi connectivity index (χ0) is 22.9. The molecule has 0 atom stereocenters. The molecule has 1 heteroatoms. The van der Waals surface area contributed by atoms with Gasteiger partial charge in [0.2, 0.25) is 0 Å². The molecule has 0 unspecified atom stereocenters. The Morgan fingerprint density at radius 3 is 0.857 bits per heavy atom. The van der Waals surface area contributed by atoms with Crippen molar-refractivity contribution in [3.8, 4) is 5.75 Å². The van der Waals surface area contributed by atoms with E-state index in [9.17, 15) is 0 Å². The largest absolute Gasteiger partial charge is 0.497 e. The molecule has 2 aromatic rings. The summed E-state index contributed by atoms with van der Waals surface area (Å²) in [7, 11) is 1.66. The molecule has 0 fully saturated rings. The Balaban J connectivity index is -0.0000000405. The van der Waals surface area contributed by atoms with Gasteiger partial charge in [0, 0.05) is 0 Å². The summed E-state index contributed by atoms with van der Waals surface area (Å²) in [5.41, 5.74) is 1.32. The quantitative estimate of drug-likeness (QED) is 0.465. The van der Waals surface area contributed by atoms with Crippen molar-refractivity contribution < 1.29 is 4.74 Å². The van der Waals surface area contributed by atoms with E-state index in [2.05, 4.69) is 19.1 Å². The third-order valence-corrected chi connectivity index (χ3v) is 1.92. The summed E-state index contributed by atoms with van der Waals surface area (Å²) in [4.78, 5) is 0. The Bertz CT molecular complexity index is 355. The molecule has 0 heterocycles. The van der Waals surface area contributed by atoms with Crippen molar-refractivity contribution in [2.75, 3.05) is 7.11 Å². The summed E-state index contributed by atoms with van der Waals surface area (Å²) in [6.45, 7) is 26.1. The van der Waals surface area contributed by atoms with Gasteiger partial charge < -0.3 is 4.74 Å². The van der Waals surface area contributed by atoms with Crippen molar-refractivity contribution in [2.45, 2.75) is 97.4 Å². The Kier molecular flexibility index (Phi) is 103. The van der Waals surface area contributed by atoms with Gasteiger partial charge in [0.05, 0.1) is 7.11 Å². The monoisotopic (exact) mass is 396 g/mol. The molecule has 28 heavy (non-hydrogen) atoms. The molecule has 2 aromatic carbocycles. The maximum absolute atomic E-state index is 4.91. The molecule has 0 spiro atoms. The molecule has 0 amide bonds. The van der Waals surface area contributed by atoms with Crippen LogP contribution in [0.5, 0.6) is 5.75 Å². The summed E-state index contributed by atoms with van der Waals surface area (Å²) in [6.07, 6.45) is 0. The average molecular weight is 397 g/mol. The lowest BCUT2D eigenvalue weighted by Gasteiger charge is -1.93. The van der Waals surface area contributed by atoms with Crippen molar-refractivity contribution in [1.82, 2.24) is 0 Å². The molecular formula is C27H56O. The Morgan fingerprint density at radius 2 is 0.714 bits per heavy atom. The van der Waals surface area contributed by atoms with Gasteiger partial charge in [-0.1, -0.05) is 145 Å². The van der Waals surface area contributed by atoms with Gasteiger partial charge in [0.15, 0.2) is 0 Å². The molecule has 0 aliphatic rings. The lowest BCUT2D eigenvalue weighted by Crippen LogP contribution is -1.78. The maximum Gasteiger partial charge on any atom is 0.118 e. The second-order valence-corrected chi connectivity index (χ2v) is 3.17. The first-order valence-electron chi connectivity index (χ1n) is 10.9. The van der Waals surface area contributed by atoms with Crippen molar-refractivity contribution in [3.05, 3.63) is 66.2 Å². The smallest absolute Gasteiger partial charge is 0.118 e. The van der Waals surface area contributed by atoms with E-state index in [-0.39, 0.29) is 7.43 Å². The predicted octanol–water partition coefficient (Wildman–Crippen LogP) is 10.5. The highest BCUT2D eigenvalue weighted by Gasteiger charge is 1.80. The lowest BCUT2D eigenvalue weighted by molar-refractivity contribution is 0.415. The standard InChI is InChI=1S/C7H8O.C7H8.6C2H6.CH4/c1-8-7-5-3-2-4-6-7;1-7-5-3-2-4-6-7;6*1-2;/h2-6H,1H3;2-6H,1H3;6*1-2H3;1H4. The lowest BCUT2D eigenvalue weighted by atomic mass is 10.2. The van der Waals surface area contributed by atoms with Gasteiger partial charge in [-0.3, -0.25) is 0 Å². The van der Waals surface area contributed by atoms with Crippen molar-refractivity contribution in [3.63, 3.8) is 0 Å². The van der Waals surface area contributed by atoms with Gasteiger partial charge in [-0.2, -0.15) is 0 Å². The fourth-order valence-electron chi connectivity index (χ4n) is 1.09. The van der Waals surface area contributed by atoms with Crippen molar-refractivity contribution in [1.29, 1.82) is 0 Å². The van der Waals surface area contributed by atoms with Crippen LogP contribution >= 0.6 is 0 Å². The minimum Gasteiger partial charge on any atom is -0.497 e. The van der Waals surface area contributed by atoms with Crippen LogP contribution in [0.2, 0.25) is 0 Å². The number of rotatable bonds is 1. The minimum atomic E-state index is 0. The van der Waals surface area contributed by atoms with Crippen molar-refractivity contribution in [2.24, 2.45) is 0 Å². The first-order valence-corrected chi connectivity index (χ1v) is 10.9. The minimum absolute atomic E-state index is 0. The molecule has 0 N–H and O–H groups in total. The number of benzene rings is 2. The Morgan fingerprint density at radius 1 is 0.464 bits per heavy atom. The Labute approximate surface area is 181 Å². The molecule has 0 saturated heterocycles. The fraction of sp³-hybridized carbons (Fsp3) is 0.556. The van der Waals surface area contributed by atoms with Crippen LogP contribution in [0.25, 0.3) is 0 Å². The average Bonchev–Trinajstić information content (AvgIpc) is 2.83. The van der Waals surface area contributed by atoms with Crippen LogP contribution in [-0.4, -0.2) is 7.11 Å². The maximum atomic E-state index is 4.91. The van der Waals surface area contributed by atoms with E-state index in [0.717, 1.165) is 5.75 Å². The zero-order valence-electron chi connectivity index (χ0n) is 21.2. The van der Waals surface area contributed by atoms with E-state index in [1.54, 1.807) is 7.11 Å². The van der Waals surface area contributed by atoms with Crippen LogP contribution in [0.1, 0.15) is 96.1 Å². The third-order valence-electron chi connectivity index (χ3n) is 1.92. The molecule has 0 saturated carbocycles. The highest BCUT2D eigenvalue weighted by Crippen LogP contribution is 2.05. The molecule has 0 aliphatic heterocycles. The molecule has 0 aromatic heterocycles. The van der Waals surface area contributed by atoms with E-state index in [4.69, 9.17) is 4.74 Å². The van der Waals surface area contributed by atoms with E-state index < -0.39 is 0 Å². The molecule has 0 aliphatic carbocycles. The summed E-state index contributed by atoms with van der Waals surface area (Å²) >= 11 is 0. The number of hydrogen-bond donors (Lipinski definition) is 0. The van der Waals surface area contributed by atoms with Gasteiger partial charge >= 0.3 is 0 Å². The van der Waals surface area contributed by atoms with Crippen molar-refractivity contribution >= 4 is 0 Å². The second kappa shape index (κ2) is 63.9. The summed E-state index contributed by atoms with van der Waals surface area (Å²) in [5, 5.41) is 0. The molecule has 0 bridgehead atoms. The van der Waals surface area contributed by atoms with Gasteiger partial charge in [0.25, 0.3) is 0 Å². The molecule has 2 rings (SSSR count). The van der Waals surface area contributed by atoms with E-state index >= 15 is 0 Å². The van der Waals surface area contributed by atoms with Crippen LogP contribution in [0.3, 0.4) is 0 Å². The molecule has 1 nitrogen and oxygen atoms in total. The topological polar surface area (TPSA) is 9.23 Å². The number of para-hydroxylation sites is 1. The van der Waals surface area contributed by atoms with E-state index in [1.165, 1.54) is 5.56 Å². The van der Waals surface area contributed by atoms with E-state index in [1.807, 2.05) is 132 Å². The second-order valence-electron chi connectivity index (χ2n) is 3.17. The highest BCUT2D eigenvalue weighted by molar-refractivity contribution is 5.20. The number of aryl methyl sites for hydroxylation is 1. The van der Waals surface area contributed by atoms with Crippen LogP contribution in [0.15, 0.2) is 60.7 Å². The SMILES string of the molecule is C.CC.CC.CC.CC.CC.CC.COc1ccccc1.Cc1ccccc1. The normalized spacial score (nSPS) is 5.93. The summed E-state index contributed by atoms with van der Waals surface area (Å²) < 4.78 is 4.91. The first kappa shape index (κ1) is 45.2. The van der Waals surface area contributed by atoms with E-state index in [0.29, 0.717) is 0 Å². The van der Waals surface area contributed by atoms with Gasteiger partial charge in [-0.05, 0) is 19.1 Å². The Hall–Kier alpha value is -1.76. The predicted molar refractivity (Wildman–Crippen MR) is 139 cm³/mol. The van der Waals surface area contributed by atoms with Crippen LogP contribution in [0, 0.1) is 6.92 Å². The highest BCUT2D eigenvalue weighted by atomic mass is 16.5. The first-order chi connectivity index (χ1) is 13.3. The number of ether oxygens (including phenoxy) is 1. The van der Waals surface area contributed by atoms with Crippen LogP contribution < -0.4 is 4.74 Å². The summed E-state index contributed by atoms with van der Waals surface area (Å²) in [5.74, 6) is 0.910. The van der Waals surface area contributed by atoms with Gasteiger partial charge in [-0.25, -0.2) is 0 Å². The van der Waals surface area contributed by atoms with Gasteiger partial charge in [0.1, 0.15) is 5.75 Å². The third kappa shape index (κ3) is 49.6. The molecular weight excluding hydrogens is 340 g/mol. The number of methoxy groups -OCH3 is 1. The molecule has 170 valence electrons.